The molecule has 0 aliphatic rings. The van der Waals surface area contributed by atoms with E-state index in [-0.39, 0.29) is 11.9 Å². The van der Waals surface area contributed by atoms with Crippen LogP contribution in [0.4, 0.5) is 0 Å². The maximum absolute atomic E-state index is 10.2. The summed E-state index contributed by atoms with van der Waals surface area (Å²) in [5.74, 6) is -0.299. The fourth-order valence-electron chi connectivity index (χ4n) is 0.407. The molecule has 0 aromatic heterocycles. The van der Waals surface area contributed by atoms with E-state index in [0.717, 1.165) is 6.54 Å². The maximum Gasteiger partial charge on any atom is 0.234 e. The lowest BCUT2D eigenvalue weighted by atomic mass is 10.3. The molecule has 10 heavy (non-hydrogen) atoms. The molecule has 62 valence electrons. The number of hydrogen-bond acceptors (Lipinski definition) is 2. The van der Waals surface area contributed by atoms with Gasteiger partial charge in [0.2, 0.25) is 5.91 Å². The van der Waals surface area contributed by atoms with Crippen LogP contribution in [0.1, 0.15) is 27.7 Å². The number of carbonyl (C=O) groups is 1. The van der Waals surface area contributed by atoms with Crippen LogP contribution in [0.5, 0.6) is 0 Å². The summed E-state index contributed by atoms with van der Waals surface area (Å²) in [4.78, 5) is 10.2. The van der Waals surface area contributed by atoms with Crippen molar-refractivity contribution in [2.45, 2.75) is 33.7 Å². The van der Waals surface area contributed by atoms with Gasteiger partial charge in [-0.15, -0.1) is 0 Å². The zero-order chi connectivity index (χ0) is 8.57. The van der Waals surface area contributed by atoms with E-state index < -0.39 is 0 Å². The van der Waals surface area contributed by atoms with Crippen LogP contribution in [0.15, 0.2) is 0 Å². The zero-order valence-corrected chi connectivity index (χ0v) is 7.27. The number of primary amides is 1. The molecule has 0 aliphatic carbocycles. The van der Waals surface area contributed by atoms with E-state index in [4.69, 9.17) is 5.73 Å². The first kappa shape index (κ1) is 12.1. The van der Waals surface area contributed by atoms with Gasteiger partial charge >= 0.3 is 0 Å². The van der Waals surface area contributed by atoms with Gasteiger partial charge in [0.05, 0.1) is 6.04 Å². The van der Waals surface area contributed by atoms with Crippen molar-refractivity contribution in [3.8, 4) is 0 Å². The highest BCUT2D eigenvalue weighted by atomic mass is 16.1. The molecule has 3 heteroatoms. The summed E-state index contributed by atoms with van der Waals surface area (Å²) in [7, 11) is 0. The highest BCUT2D eigenvalue weighted by Crippen LogP contribution is 1.74. The average Bonchev–Trinajstić information content (AvgIpc) is 1.93. The number of rotatable bonds is 3. The number of likely N-dealkylation sites (N-methyl/N-ethyl adjacent to an activating group) is 1. The van der Waals surface area contributed by atoms with Crippen LogP contribution < -0.4 is 11.1 Å². The van der Waals surface area contributed by atoms with Crippen LogP contribution in [-0.4, -0.2) is 18.5 Å². The molecule has 0 saturated heterocycles. The van der Waals surface area contributed by atoms with Crippen molar-refractivity contribution >= 4 is 5.91 Å². The molecule has 1 atom stereocenters. The van der Waals surface area contributed by atoms with Gasteiger partial charge in [-0.3, -0.25) is 4.79 Å². The predicted octanol–water partition coefficient (Wildman–Crippen LogP) is 0.496. The molecule has 3 nitrogen and oxygen atoms in total. The van der Waals surface area contributed by atoms with Crippen molar-refractivity contribution in [3.63, 3.8) is 0 Å². The Morgan fingerprint density at radius 3 is 2.10 bits per heavy atom. The molecule has 1 amide bonds. The summed E-state index contributed by atoms with van der Waals surface area (Å²) in [6.07, 6.45) is 0. The van der Waals surface area contributed by atoms with Crippen LogP contribution in [0, 0.1) is 0 Å². The van der Waals surface area contributed by atoms with Crippen LogP contribution >= 0.6 is 0 Å². The van der Waals surface area contributed by atoms with E-state index in [1.54, 1.807) is 6.92 Å². The molecule has 0 aromatic rings. The molecule has 0 aliphatic heterocycles. The minimum Gasteiger partial charge on any atom is -0.368 e. The van der Waals surface area contributed by atoms with E-state index in [9.17, 15) is 4.79 Å². The Kier molecular flexibility index (Phi) is 10.2. The fraction of sp³-hybridized carbons (Fsp3) is 0.857. The van der Waals surface area contributed by atoms with E-state index in [0.29, 0.717) is 0 Å². The van der Waals surface area contributed by atoms with Crippen molar-refractivity contribution < 1.29 is 4.79 Å². The third kappa shape index (κ3) is 7.43. The molecule has 0 heterocycles. The average molecular weight is 146 g/mol. The van der Waals surface area contributed by atoms with Crippen LogP contribution in [0.2, 0.25) is 0 Å². The molecule has 0 rings (SSSR count). The monoisotopic (exact) mass is 146 g/mol. The normalized spacial score (nSPS) is 11.2. The Morgan fingerprint density at radius 1 is 1.60 bits per heavy atom. The van der Waals surface area contributed by atoms with Gasteiger partial charge in [0, 0.05) is 0 Å². The predicted molar refractivity (Wildman–Crippen MR) is 43.7 cm³/mol. The molecule has 0 spiro atoms. The molecule has 0 saturated carbocycles. The Morgan fingerprint density at radius 2 is 2.00 bits per heavy atom. The van der Waals surface area contributed by atoms with Gasteiger partial charge in [0.1, 0.15) is 0 Å². The quantitative estimate of drug-likeness (QED) is 0.609. The summed E-state index contributed by atoms with van der Waals surface area (Å²) in [5.41, 5.74) is 4.92. The molecule has 1 unspecified atom stereocenters. The summed E-state index contributed by atoms with van der Waals surface area (Å²) in [6, 6.07) is -0.194. The van der Waals surface area contributed by atoms with E-state index in [2.05, 4.69) is 5.32 Å². The molecule has 0 aromatic carbocycles. The van der Waals surface area contributed by atoms with E-state index in [1.165, 1.54) is 0 Å². The first-order chi connectivity index (χ1) is 4.68. The standard InChI is InChI=1S/C5H12N2O.C2H6/c1-3-7-4(2)5(6)8;1-2/h4,7H,3H2,1-2H3,(H2,6,8);1-2H3. The largest absolute Gasteiger partial charge is 0.368 e. The second-order valence-corrected chi connectivity index (χ2v) is 1.68. The van der Waals surface area contributed by atoms with Crippen LogP contribution in [0.3, 0.4) is 0 Å². The second kappa shape index (κ2) is 8.43. The Hall–Kier alpha value is -0.570. The van der Waals surface area contributed by atoms with Gasteiger partial charge in [-0.1, -0.05) is 20.8 Å². The van der Waals surface area contributed by atoms with Gasteiger partial charge in [-0.2, -0.15) is 0 Å². The Labute approximate surface area is 63.0 Å². The van der Waals surface area contributed by atoms with E-state index in [1.807, 2.05) is 20.8 Å². The number of hydrogen-bond donors (Lipinski definition) is 2. The fourth-order valence-corrected chi connectivity index (χ4v) is 0.407. The van der Waals surface area contributed by atoms with Gasteiger partial charge in [-0.25, -0.2) is 0 Å². The molecule has 0 fully saturated rings. The maximum atomic E-state index is 10.2. The molecular formula is C7H18N2O. The van der Waals surface area contributed by atoms with Crippen molar-refractivity contribution in [1.82, 2.24) is 5.32 Å². The van der Waals surface area contributed by atoms with Crippen molar-refractivity contribution in [2.24, 2.45) is 5.73 Å². The summed E-state index contributed by atoms with van der Waals surface area (Å²) < 4.78 is 0. The van der Waals surface area contributed by atoms with Crippen molar-refractivity contribution in [2.75, 3.05) is 6.54 Å². The SMILES string of the molecule is CC.CCNC(C)C(N)=O. The van der Waals surface area contributed by atoms with Crippen molar-refractivity contribution in [1.29, 1.82) is 0 Å². The number of carbonyl (C=O) groups excluding carboxylic acids is 1. The summed E-state index contributed by atoms with van der Waals surface area (Å²) in [5, 5.41) is 2.87. The first-order valence-electron chi connectivity index (χ1n) is 3.71. The topological polar surface area (TPSA) is 55.1 Å². The minimum atomic E-state index is -0.299. The third-order valence-corrected chi connectivity index (χ3v) is 0.937. The zero-order valence-electron chi connectivity index (χ0n) is 7.27. The van der Waals surface area contributed by atoms with Gasteiger partial charge in [0.15, 0.2) is 0 Å². The Balaban J connectivity index is 0. The smallest absolute Gasteiger partial charge is 0.234 e. The molecule has 0 bridgehead atoms. The highest BCUT2D eigenvalue weighted by Gasteiger charge is 2.03. The lowest BCUT2D eigenvalue weighted by Crippen LogP contribution is -2.38. The lowest BCUT2D eigenvalue weighted by molar-refractivity contribution is -0.119. The Bertz CT molecular complexity index is 83.7. The van der Waals surface area contributed by atoms with E-state index >= 15 is 0 Å². The lowest BCUT2D eigenvalue weighted by Gasteiger charge is -2.05. The second-order valence-electron chi connectivity index (χ2n) is 1.68. The van der Waals surface area contributed by atoms with Gasteiger partial charge < -0.3 is 11.1 Å². The summed E-state index contributed by atoms with van der Waals surface area (Å²) >= 11 is 0. The molecular weight excluding hydrogens is 128 g/mol. The van der Waals surface area contributed by atoms with Gasteiger partial charge in [0.25, 0.3) is 0 Å². The third-order valence-electron chi connectivity index (χ3n) is 0.937. The van der Waals surface area contributed by atoms with Crippen molar-refractivity contribution in [3.05, 3.63) is 0 Å². The summed E-state index contributed by atoms with van der Waals surface area (Å²) in [6.45, 7) is 8.45. The first-order valence-corrected chi connectivity index (χ1v) is 3.71. The van der Waals surface area contributed by atoms with Crippen LogP contribution in [-0.2, 0) is 4.79 Å². The highest BCUT2D eigenvalue weighted by molar-refractivity contribution is 5.79. The number of amides is 1. The van der Waals surface area contributed by atoms with Crippen LogP contribution in [0.25, 0.3) is 0 Å². The molecule has 3 N–H and O–H groups in total. The molecule has 0 radical (unpaired) electrons. The minimum absolute atomic E-state index is 0.194. The number of nitrogens with two attached hydrogens (primary N) is 1. The number of nitrogens with one attached hydrogen (secondary N) is 1. The van der Waals surface area contributed by atoms with Gasteiger partial charge in [-0.05, 0) is 13.5 Å².